The maximum Gasteiger partial charge on any atom is 0.150 e. The van der Waals surface area contributed by atoms with Gasteiger partial charge in [-0.05, 0) is 17.9 Å². The zero-order chi connectivity index (χ0) is 12.9. The number of H-pyrrole nitrogens is 1. The van der Waals surface area contributed by atoms with Crippen LogP contribution < -0.4 is 0 Å². The number of hydrogen-bond acceptors (Lipinski definition) is 5. The molecule has 0 aliphatic heterocycles. The summed E-state index contributed by atoms with van der Waals surface area (Å²) in [5.74, 6) is 1.80. The summed E-state index contributed by atoms with van der Waals surface area (Å²) in [6, 6.07) is 4.16. The molecule has 0 unspecified atom stereocenters. The fourth-order valence-corrected chi connectivity index (χ4v) is 2.56. The van der Waals surface area contributed by atoms with Gasteiger partial charge >= 0.3 is 0 Å². The fourth-order valence-electron chi connectivity index (χ4n) is 1.85. The summed E-state index contributed by atoms with van der Waals surface area (Å²) in [6.07, 6.45) is 5.90. The van der Waals surface area contributed by atoms with E-state index in [-0.39, 0.29) is 0 Å². The third-order valence-electron chi connectivity index (χ3n) is 2.75. The van der Waals surface area contributed by atoms with E-state index in [1.807, 2.05) is 4.68 Å². The maximum atomic E-state index is 4.50. The monoisotopic (exact) mass is 274 g/mol. The number of nitrogens with one attached hydrogen (secondary N) is 1. The molecule has 3 aromatic heterocycles. The molecule has 0 spiro atoms. The van der Waals surface area contributed by atoms with Gasteiger partial charge in [0.2, 0.25) is 0 Å². The second kappa shape index (κ2) is 5.75. The number of aromatic amines is 1. The van der Waals surface area contributed by atoms with Crippen molar-refractivity contribution in [3.8, 4) is 0 Å². The molecule has 19 heavy (non-hydrogen) atoms. The van der Waals surface area contributed by atoms with E-state index in [9.17, 15) is 0 Å². The zero-order valence-electron chi connectivity index (χ0n) is 10.4. The molecule has 98 valence electrons. The molecule has 0 saturated carbocycles. The van der Waals surface area contributed by atoms with Gasteiger partial charge in [-0.25, -0.2) is 9.97 Å². The standard InChI is InChI=1S/C12H14N6S/c1(5-18-9-13-8-14-18)4-11-15-12(17-16-11)7-10-3-2-6-19-10/h2-3,6,8-9H,1,4-5,7H2,(H,15,16,17). The molecule has 7 heteroatoms. The fraction of sp³-hybridized carbons (Fsp3) is 0.333. The van der Waals surface area contributed by atoms with E-state index in [4.69, 9.17) is 0 Å². The van der Waals surface area contributed by atoms with Gasteiger partial charge in [-0.3, -0.25) is 9.78 Å². The molecule has 0 saturated heterocycles. The van der Waals surface area contributed by atoms with Crippen molar-refractivity contribution >= 4 is 11.3 Å². The van der Waals surface area contributed by atoms with Crippen molar-refractivity contribution in [2.45, 2.75) is 25.8 Å². The van der Waals surface area contributed by atoms with Gasteiger partial charge in [-0.2, -0.15) is 10.2 Å². The summed E-state index contributed by atoms with van der Waals surface area (Å²) in [7, 11) is 0. The lowest BCUT2D eigenvalue weighted by Gasteiger charge is -1.97. The highest BCUT2D eigenvalue weighted by molar-refractivity contribution is 7.09. The molecule has 0 atom stereocenters. The first-order valence-corrected chi connectivity index (χ1v) is 7.03. The van der Waals surface area contributed by atoms with E-state index in [1.54, 1.807) is 24.0 Å². The molecule has 0 fully saturated rings. The number of thiophene rings is 1. The van der Waals surface area contributed by atoms with Crippen LogP contribution in [0.5, 0.6) is 0 Å². The number of nitrogens with zero attached hydrogens (tertiary/aromatic N) is 5. The Bertz CT molecular complexity index is 598. The van der Waals surface area contributed by atoms with Crippen LogP contribution in [0.3, 0.4) is 0 Å². The van der Waals surface area contributed by atoms with Crippen LogP contribution >= 0.6 is 11.3 Å². The van der Waals surface area contributed by atoms with Crippen LogP contribution in [0.15, 0.2) is 30.2 Å². The van der Waals surface area contributed by atoms with E-state index in [2.05, 4.69) is 42.8 Å². The van der Waals surface area contributed by atoms with Crippen molar-refractivity contribution < 1.29 is 0 Å². The van der Waals surface area contributed by atoms with Gasteiger partial charge in [0.1, 0.15) is 18.5 Å². The molecule has 0 aromatic carbocycles. The molecular formula is C12H14N6S. The Labute approximate surface area is 114 Å². The van der Waals surface area contributed by atoms with Crippen molar-refractivity contribution in [1.82, 2.24) is 29.9 Å². The van der Waals surface area contributed by atoms with E-state index in [0.717, 1.165) is 37.5 Å². The van der Waals surface area contributed by atoms with Crippen LogP contribution in [0.1, 0.15) is 22.9 Å². The predicted molar refractivity (Wildman–Crippen MR) is 71.9 cm³/mol. The number of hydrogen-bond donors (Lipinski definition) is 1. The molecular weight excluding hydrogens is 260 g/mol. The van der Waals surface area contributed by atoms with Crippen LogP contribution in [0.2, 0.25) is 0 Å². The normalized spacial score (nSPS) is 10.9. The third kappa shape index (κ3) is 3.25. The summed E-state index contributed by atoms with van der Waals surface area (Å²) in [4.78, 5) is 9.70. The Morgan fingerprint density at radius 1 is 1.37 bits per heavy atom. The Morgan fingerprint density at radius 3 is 3.16 bits per heavy atom. The highest BCUT2D eigenvalue weighted by atomic mass is 32.1. The first-order chi connectivity index (χ1) is 9.40. The lowest BCUT2D eigenvalue weighted by atomic mass is 10.3. The molecule has 0 aliphatic rings. The minimum atomic E-state index is 0.827. The van der Waals surface area contributed by atoms with Crippen molar-refractivity contribution in [3.05, 3.63) is 46.7 Å². The number of aromatic nitrogens is 6. The quantitative estimate of drug-likeness (QED) is 0.742. The minimum absolute atomic E-state index is 0.827. The van der Waals surface area contributed by atoms with Crippen molar-refractivity contribution in [1.29, 1.82) is 0 Å². The van der Waals surface area contributed by atoms with Gasteiger partial charge in [0.15, 0.2) is 5.82 Å². The Kier molecular flexibility index (Phi) is 3.64. The summed E-state index contributed by atoms with van der Waals surface area (Å²) >= 11 is 1.74. The molecule has 3 rings (SSSR count). The van der Waals surface area contributed by atoms with Gasteiger partial charge in [0, 0.05) is 24.3 Å². The molecule has 1 N–H and O–H groups in total. The first kappa shape index (κ1) is 12.0. The van der Waals surface area contributed by atoms with Gasteiger partial charge in [-0.15, -0.1) is 11.3 Å². The lowest BCUT2D eigenvalue weighted by Crippen LogP contribution is -2.00. The molecule has 6 nitrogen and oxygen atoms in total. The SMILES string of the molecule is c1csc(Cc2nc(CCCn3cncn3)n[nH]2)c1. The highest BCUT2D eigenvalue weighted by Crippen LogP contribution is 2.12. The first-order valence-electron chi connectivity index (χ1n) is 6.15. The molecule has 0 radical (unpaired) electrons. The van der Waals surface area contributed by atoms with E-state index in [1.165, 1.54) is 4.88 Å². The van der Waals surface area contributed by atoms with Gasteiger partial charge in [-0.1, -0.05) is 6.07 Å². The van der Waals surface area contributed by atoms with E-state index < -0.39 is 0 Å². The Morgan fingerprint density at radius 2 is 2.37 bits per heavy atom. The van der Waals surface area contributed by atoms with Crippen LogP contribution in [-0.4, -0.2) is 29.9 Å². The summed E-state index contributed by atoms with van der Waals surface area (Å²) < 4.78 is 1.82. The smallest absolute Gasteiger partial charge is 0.150 e. The van der Waals surface area contributed by atoms with Crippen molar-refractivity contribution in [3.63, 3.8) is 0 Å². The second-order valence-corrected chi connectivity index (χ2v) is 5.25. The topological polar surface area (TPSA) is 72.3 Å². The second-order valence-electron chi connectivity index (χ2n) is 4.22. The van der Waals surface area contributed by atoms with Crippen LogP contribution in [0.4, 0.5) is 0 Å². The molecule has 3 aromatic rings. The molecule has 0 bridgehead atoms. The largest absolute Gasteiger partial charge is 0.263 e. The van der Waals surface area contributed by atoms with Gasteiger partial charge < -0.3 is 0 Å². The minimum Gasteiger partial charge on any atom is -0.263 e. The predicted octanol–water partition coefficient (Wildman–Crippen LogP) is 1.68. The van der Waals surface area contributed by atoms with Gasteiger partial charge in [0.05, 0.1) is 0 Å². The maximum absolute atomic E-state index is 4.50. The van der Waals surface area contributed by atoms with Gasteiger partial charge in [0.25, 0.3) is 0 Å². The number of aryl methyl sites for hydroxylation is 2. The van der Waals surface area contributed by atoms with Crippen LogP contribution in [-0.2, 0) is 19.4 Å². The number of rotatable bonds is 6. The molecule has 0 aliphatic carbocycles. The van der Waals surface area contributed by atoms with E-state index >= 15 is 0 Å². The Hall–Kier alpha value is -2.02. The van der Waals surface area contributed by atoms with Crippen molar-refractivity contribution in [2.24, 2.45) is 0 Å². The van der Waals surface area contributed by atoms with E-state index in [0.29, 0.717) is 0 Å². The average molecular weight is 274 g/mol. The highest BCUT2D eigenvalue weighted by Gasteiger charge is 2.05. The molecule has 3 heterocycles. The summed E-state index contributed by atoms with van der Waals surface area (Å²) in [5, 5.41) is 13.4. The summed E-state index contributed by atoms with van der Waals surface area (Å²) in [6.45, 7) is 0.842. The van der Waals surface area contributed by atoms with Crippen molar-refractivity contribution in [2.75, 3.05) is 0 Å². The summed E-state index contributed by atoms with van der Waals surface area (Å²) in [5.41, 5.74) is 0. The third-order valence-corrected chi connectivity index (χ3v) is 3.63. The Balaban J connectivity index is 1.50. The van der Waals surface area contributed by atoms with Crippen LogP contribution in [0.25, 0.3) is 0 Å². The lowest BCUT2D eigenvalue weighted by molar-refractivity contribution is 0.570. The zero-order valence-corrected chi connectivity index (χ0v) is 11.2. The average Bonchev–Trinajstić information content (AvgIpc) is 3.12. The molecule has 0 amide bonds. The van der Waals surface area contributed by atoms with Crippen LogP contribution in [0, 0.1) is 0 Å².